The van der Waals surface area contributed by atoms with E-state index in [0.29, 0.717) is 11.6 Å². The Labute approximate surface area is 125 Å². The van der Waals surface area contributed by atoms with Crippen LogP contribution in [0.5, 0.6) is 0 Å². The van der Waals surface area contributed by atoms with E-state index in [9.17, 15) is 14.9 Å². The summed E-state index contributed by atoms with van der Waals surface area (Å²) in [6.07, 6.45) is 2.06. The molecule has 6 nitrogen and oxygen atoms in total. The minimum Gasteiger partial charge on any atom is -0.319 e. The van der Waals surface area contributed by atoms with E-state index < -0.39 is 4.92 Å². The van der Waals surface area contributed by atoms with E-state index in [-0.39, 0.29) is 23.8 Å². The molecule has 0 bridgehead atoms. The number of hydrogen-bond acceptors (Lipinski definition) is 4. The fourth-order valence-electron chi connectivity index (χ4n) is 2.17. The predicted octanol–water partition coefficient (Wildman–Crippen LogP) is 2.96. The van der Waals surface area contributed by atoms with Gasteiger partial charge < -0.3 is 5.32 Å². The second-order valence-corrected chi connectivity index (χ2v) is 5.33. The van der Waals surface area contributed by atoms with Gasteiger partial charge >= 0.3 is 0 Å². The number of carbonyl (C=O) groups excluding carboxylic acids is 1. The molecule has 1 aromatic carbocycles. The van der Waals surface area contributed by atoms with Crippen LogP contribution in [0.1, 0.15) is 32.3 Å². The Morgan fingerprint density at radius 3 is 2.71 bits per heavy atom. The SMILES string of the molecule is CCCC(C)N(C)CC(=O)Nc1c(C)cccc1[N+](=O)[O-]. The van der Waals surface area contributed by atoms with E-state index in [4.69, 9.17) is 0 Å². The Hall–Kier alpha value is -1.95. The van der Waals surface area contributed by atoms with Crippen molar-refractivity contribution in [3.63, 3.8) is 0 Å². The summed E-state index contributed by atoms with van der Waals surface area (Å²) in [4.78, 5) is 24.6. The highest BCUT2D eigenvalue weighted by Gasteiger charge is 2.19. The lowest BCUT2D eigenvalue weighted by atomic mass is 10.1. The summed E-state index contributed by atoms with van der Waals surface area (Å²) in [5, 5.41) is 13.7. The number of hydrogen-bond donors (Lipinski definition) is 1. The van der Waals surface area contributed by atoms with Gasteiger partial charge in [-0.25, -0.2) is 0 Å². The molecule has 116 valence electrons. The van der Waals surface area contributed by atoms with E-state index in [0.717, 1.165) is 12.8 Å². The minimum absolute atomic E-state index is 0.0763. The smallest absolute Gasteiger partial charge is 0.293 e. The van der Waals surface area contributed by atoms with Gasteiger partial charge in [-0.15, -0.1) is 0 Å². The van der Waals surface area contributed by atoms with Crippen LogP contribution in [-0.2, 0) is 4.79 Å². The minimum atomic E-state index is -0.480. The summed E-state index contributed by atoms with van der Waals surface area (Å²) in [6.45, 7) is 6.12. The number of aryl methyl sites for hydroxylation is 1. The molecule has 1 rings (SSSR count). The number of carbonyl (C=O) groups is 1. The molecule has 6 heteroatoms. The van der Waals surface area contributed by atoms with Gasteiger partial charge in [0.05, 0.1) is 11.5 Å². The van der Waals surface area contributed by atoms with Crippen LogP contribution in [-0.4, -0.2) is 35.4 Å². The number of anilines is 1. The summed E-state index contributed by atoms with van der Waals surface area (Å²) in [6, 6.07) is 5.05. The number of nitro benzene ring substituents is 1. The van der Waals surface area contributed by atoms with Crippen molar-refractivity contribution in [1.82, 2.24) is 4.90 Å². The average molecular weight is 293 g/mol. The number of nitrogens with one attached hydrogen (secondary N) is 1. The number of nitro groups is 1. The first-order chi connectivity index (χ1) is 9.86. The molecule has 1 unspecified atom stereocenters. The molecule has 0 aromatic heterocycles. The van der Waals surface area contributed by atoms with Gasteiger partial charge in [-0.2, -0.15) is 0 Å². The van der Waals surface area contributed by atoms with E-state index in [1.54, 1.807) is 19.1 Å². The lowest BCUT2D eigenvalue weighted by Crippen LogP contribution is -2.36. The Balaban J connectivity index is 2.78. The van der Waals surface area contributed by atoms with Crippen LogP contribution in [0.2, 0.25) is 0 Å². The van der Waals surface area contributed by atoms with Crippen molar-refractivity contribution < 1.29 is 9.72 Å². The molecule has 1 N–H and O–H groups in total. The Kier molecular flexibility index (Phi) is 6.30. The molecule has 0 radical (unpaired) electrons. The Morgan fingerprint density at radius 1 is 1.48 bits per heavy atom. The maximum absolute atomic E-state index is 12.1. The van der Waals surface area contributed by atoms with Crippen molar-refractivity contribution in [3.05, 3.63) is 33.9 Å². The number of benzene rings is 1. The molecule has 1 atom stereocenters. The number of likely N-dealkylation sites (N-methyl/N-ethyl adjacent to an activating group) is 1. The molecule has 0 saturated carbocycles. The average Bonchev–Trinajstić information content (AvgIpc) is 2.40. The third-order valence-electron chi connectivity index (χ3n) is 3.56. The highest BCUT2D eigenvalue weighted by molar-refractivity contribution is 5.95. The fraction of sp³-hybridized carbons (Fsp3) is 0.533. The van der Waals surface area contributed by atoms with E-state index in [1.165, 1.54) is 6.07 Å². The molecule has 21 heavy (non-hydrogen) atoms. The molecule has 0 spiro atoms. The normalized spacial score (nSPS) is 12.2. The third-order valence-corrected chi connectivity index (χ3v) is 3.56. The monoisotopic (exact) mass is 293 g/mol. The summed E-state index contributed by atoms with van der Waals surface area (Å²) < 4.78 is 0. The standard InChI is InChI=1S/C15H23N3O3/c1-5-7-12(3)17(4)10-14(19)16-15-11(2)8-6-9-13(15)18(20)21/h6,8-9,12H,5,7,10H2,1-4H3,(H,16,19). The van der Waals surface area contributed by atoms with Gasteiger partial charge in [-0.1, -0.05) is 25.5 Å². The van der Waals surface area contributed by atoms with Gasteiger partial charge in [0.15, 0.2) is 0 Å². The largest absolute Gasteiger partial charge is 0.319 e. The first kappa shape index (κ1) is 17.1. The highest BCUT2D eigenvalue weighted by Crippen LogP contribution is 2.27. The van der Waals surface area contributed by atoms with Gasteiger partial charge in [0.2, 0.25) is 5.91 Å². The van der Waals surface area contributed by atoms with Crippen molar-refractivity contribution in [3.8, 4) is 0 Å². The summed E-state index contributed by atoms with van der Waals surface area (Å²) in [5.41, 5.74) is 0.887. The van der Waals surface area contributed by atoms with E-state index in [2.05, 4.69) is 19.2 Å². The molecule has 0 aliphatic carbocycles. The Bertz CT molecular complexity index is 517. The van der Waals surface area contributed by atoms with Crippen LogP contribution < -0.4 is 5.32 Å². The summed E-state index contributed by atoms with van der Waals surface area (Å²) >= 11 is 0. The van der Waals surface area contributed by atoms with Crippen LogP contribution in [0.4, 0.5) is 11.4 Å². The quantitative estimate of drug-likeness (QED) is 0.619. The van der Waals surface area contributed by atoms with Crippen molar-refractivity contribution in [2.45, 2.75) is 39.7 Å². The number of nitrogens with zero attached hydrogens (tertiary/aromatic N) is 2. The van der Waals surface area contributed by atoms with Crippen LogP contribution in [0.15, 0.2) is 18.2 Å². The maximum Gasteiger partial charge on any atom is 0.293 e. The van der Waals surface area contributed by atoms with Crippen LogP contribution in [0.25, 0.3) is 0 Å². The highest BCUT2D eigenvalue weighted by atomic mass is 16.6. The third kappa shape index (κ3) is 4.82. The van der Waals surface area contributed by atoms with E-state index >= 15 is 0 Å². The first-order valence-corrected chi connectivity index (χ1v) is 7.10. The zero-order valence-electron chi connectivity index (χ0n) is 13.0. The zero-order valence-corrected chi connectivity index (χ0v) is 13.0. The topological polar surface area (TPSA) is 75.5 Å². The van der Waals surface area contributed by atoms with Gasteiger partial charge in [0.25, 0.3) is 5.69 Å². The molecule has 0 fully saturated rings. The van der Waals surface area contributed by atoms with Gasteiger partial charge in [-0.05, 0) is 32.9 Å². The lowest BCUT2D eigenvalue weighted by Gasteiger charge is -2.23. The summed E-state index contributed by atoms with van der Waals surface area (Å²) in [7, 11) is 1.88. The number of amides is 1. The maximum atomic E-state index is 12.1. The zero-order chi connectivity index (χ0) is 16.0. The second-order valence-electron chi connectivity index (χ2n) is 5.33. The number of para-hydroxylation sites is 1. The molecule has 0 saturated heterocycles. The van der Waals surface area contributed by atoms with Crippen molar-refractivity contribution in [1.29, 1.82) is 0 Å². The first-order valence-electron chi connectivity index (χ1n) is 7.10. The molecule has 1 aromatic rings. The van der Waals surface area contributed by atoms with Crippen molar-refractivity contribution in [2.24, 2.45) is 0 Å². The van der Waals surface area contributed by atoms with Gasteiger partial charge in [0.1, 0.15) is 5.69 Å². The second kappa shape index (κ2) is 7.73. The molecular weight excluding hydrogens is 270 g/mol. The van der Waals surface area contributed by atoms with Gasteiger partial charge in [0, 0.05) is 12.1 Å². The van der Waals surface area contributed by atoms with E-state index in [1.807, 2.05) is 11.9 Å². The van der Waals surface area contributed by atoms with Crippen LogP contribution >= 0.6 is 0 Å². The fourth-order valence-corrected chi connectivity index (χ4v) is 2.17. The molecule has 0 aliphatic rings. The molecule has 1 amide bonds. The predicted molar refractivity (Wildman–Crippen MR) is 83.5 cm³/mol. The molecule has 0 aliphatic heterocycles. The molecule has 0 heterocycles. The van der Waals surface area contributed by atoms with Crippen molar-refractivity contribution >= 4 is 17.3 Å². The number of rotatable bonds is 7. The van der Waals surface area contributed by atoms with Crippen molar-refractivity contribution in [2.75, 3.05) is 18.9 Å². The van der Waals surface area contributed by atoms with Crippen LogP contribution in [0, 0.1) is 17.0 Å². The van der Waals surface area contributed by atoms with Gasteiger partial charge in [-0.3, -0.25) is 19.8 Å². The van der Waals surface area contributed by atoms with Crippen LogP contribution in [0.3, 0.4) is 0 Å². The molecular formula is C15H23N3O3. The Morgan fingerprint density at radius 2 is 2.14 bits per heavy atom. The summed E-state index contributed by atoms with van der Waals surface area (Å²) in [5.74, 6) is -0.238. The lowest BCUT2D eigenvalue weighted by molar-refractivity contribution is -0.384.